The summed E-state index contributed by atoms with van der Waals surface area (Å²) < 4.78 is 0. The van der Waals surface area contributed by atoms with Crippen LogP contribution in [0.1, 0.15) is 37.3 Å². The van der Waals surface area contributed by atoms with Gasteiger partial charge in [-0.05, 0) is 42.5 Å². The number of aliphatic carboxylic acids is 1. The Balaban J connectivity index is 1.96. The van der Waals surface area contributed by atoms with Crippen molar-refractivity contribution in [2.45, 2.75) is 51.1 Å². The molecule has 3 nitrogen and oxygen atoms in total. The number of carbonyl (C=O) groups is 1. The Morgan fingerprint density at radius 1 is 1.47 bits per heavy atom. The first-order valence-corrected chi connectivity index (χ1v) is 7.24. The van der Waals surface area contributed by atoms with Crippen molar-refractivity contribution in [3.63, 3.8) is 0 Å². The lowest BCUT2D eigenvalue weighted by atomic mass is 10.1. The predicted molar refractivity (Wildman–Crippen MR) is 76.7 cm³/mol. The second kappa shape index (κ2) is 6.40. The van der Waals surface area contributed by atoms with Crippen molar-refractivity contribution in [2.24, 2.45) is 0 Å². The van der Waals surface area contributed by atoms with Crippen molar-refractivity contribution in [3.8, 4) is 0 Å². The average Bonchev–Trinajstić information content (AvgIpc) is 2.75. The fraction of sp³-hybridized carbons (Fsp3) is 0.533. The lowest BCUT2D eigenvalue weighted by Gasteiger charge is -2.19. The van der Waals surface area contributed by atoms with E-state index in [9.17, 15) is 9.90 Å². The highest BCUT2D eigenvalue weighted by Crippen LogP contribution is 2.25. The molecule has 0 fully saturated rings. The van der Waals surface area contributed by atoms with Crippen LogP contribution in [0.4, 0.5) is 0 Å². The molecule has 2 N–H and O–H groups in total. The zero-order chi connectivity index (χ0) is 13.8. The van der Waals surface area contributed by atoms with E-state index in [0.717, 1.165) is 30.7 Å². The topological polar surface area (TPSA) is 49.3 Å². The van der Waals surface area contributed by atoms with Gasteiger partial charge in [0.05, 0.1) is 0 Å². The van der Waals surface area contributed by atoms with Gasteiger partial charge in [0.2, 0.25) is 0 Å². The third-order valence-corrected chi connectivity index (χ3v) is 3.92. The molecule has 19 heavy (non-hydrogen) atoms. The van der Waals surface area contributed by atoms with Crippen molar-refractivity contribution in [1.82, 2.24) is 5.32 Å². The van der Waals surface area contributed by atoms with Crippen LogP contribution in [0.2, 0.25) is 5.02 Å². The summed E-state index contributed by atoms with van der Waals surface area (Å²) >= 11 is 5.98. The number of unbranched alkanes of at least 4 members (excludes halogenated alkanes) is 1. The molecule has 0 saturated heterocycles. The highest BCUT2D eigenvalue weighted by Gasteiger charge is 2.26. The van der Waals surface area contributed by atoms with E-state index in [4.69, 9.17) is 11.6 Å². The van der Waals surface area contributed by atoms with E-state index in [1.165, 1.54) is 11.1 Å². The molecular formula is C15H20ClNO2. The van der Waals surface area contributed by atoms with Gasteiger partial charge in [0.15, 0.2) is 0 Å². The minimum absolute atomic E-state index is 0.214. The minimum Gasteiger partial charge on any atom is -0.480 e. The Labute approximate surface area is 119 Å². The number of rotatable bonds is 6. The maximum Gasteiger partial charge on any atom is 0.320 e. The predicted octanol–water partition coefficient (Wildman–Crippen LogP) is 3.04. The number of carboxylic acid groups (broad SMARTS) is 1. The molecular weight excluding hydrogens is 262 g/mol. The third-order valence-electron chi connectivity index (χ3n) is 3.68. The van der Waals surface area contributed by atoms with E-state index in [0.29, 0.717) is 6.42 Å². The van der Waals surface area contributed by atoms with Gasteiger partial charge >= 0.3 is 5.97 Å². The number of nitrogens with one attached hydrogen (secondary N) is 1. The summed E-state index contributed by atoms with van der Waals surface area (Å²) in [5, 5.41) is 13.3. The monoisotopic (exact) mass is 281 g/mol. The third kappa shape index (κ3) is 3.71. The van der Waals surface area contributed by atoms with Crippen LogP contribution in [0.3, 0.4) is 0 Å². The standard InChI is InChI=1S/C15H20ClNO2/c1-2-3-4-14(15(18)19)17-13-8-10-5-6-12(16)7-11(10)9-13/h5-7,13-14,17H,2-4,8-9H2,1H3,(H,18,19)/t13?,14-/m0/s1. The SMILES string of the molecule is CCCC[C@H](NC1Cc2ccc(Cl)cc2C1)C(=O)O. The van der Waals surface area contributed by atoms with E-state index >= 15 is 0 Å². The largest absolute Gasteiger partial charge is 0.480 e. The molecule has 1 aliphatic carbocycles. The molecule has 0 saturated carbocycles. The molecule has 1 aliphatic rings. The smallest absolute Gasteiger partial charge is 0.320 e. The number of fused-ring (bicyclic) bond motifs is 1. The molecule has 0 aliphatic heterocycles. The first-order valence-electron chi connectivity index (χ1n) is 6.86. The van der Waals surface area contributed by atoms with Crippen LogP contribution in [0.15, 0.2) is 18.2 Å². The van der Waals surface area contributed by atoms with Gasteiger partial charge in [-0.25, -0.2) is 0 Å². The van der Waals surface area contributed by atoms with Gasteiger partial charge in [-0.1, -0.05) is 37.4 Å². The highest BCUT2D eigenvalue weighted by atomic mass is 35.5. The fourth-order valence-electron chi connectivity index (χ4n) is 2.68. The van der Waals surface area contributed by atoms with Gasteiger partial charge in [-0.15, -0.1) is 0 Å². The summed E-state index contributed by atoms with van der Waals surface area (Å²) in [7, 11) is 0. The summed E-state index contributed by atoms with van der Waals surface area (Å²) in [6.07, 6.45) is 4.41. The lowest BCUT2D eigenvalue weighted by Crippen LogP contribution is -2.43. The maximum absolute atomic E-state index is 11.2. The minimum atomic E-state index is -0.748. The van der Waals surface area contributed by atoms with Crippen LogP contribution in [0, 0.1) is 0 Å². The van der Waals surface area contributed by atoms with Crippen molar-refractivity contribution < 1.29 is 9.90 Å². The van der Waals surface area contributed by atoms with Crippen LogP contribution in [-0.2, 0) is 17.6 Å². The quantitative estimate of drug-likeness (QED) is 0.843. The van der Waals surface area contributed by atoms with E-state index in [1.54, 1.807) is 0 Å². The van der Waals surface area contributed by atoms with Crippen LogP contribution in [0.5, 0.6) is 0 Å². The lowest BCUT2D eigenvalue weighted by molar-refractivity contribution is -0.139. The number of hydrogen-bond acceptors (Lipinski definition) is 2. The molecule has 2 atom stereocenters. The van der Waals surface area contributed by atoms with Gasteiger partial charge in [0.1, 0.15) is 6.04 Å². The number of benzene rings is 1. The molecule has 104 valence electrons. The zero-order valence-electron chi connectivity index (χ0n) is 11.2. The Kier molecular flexibility index (Phi) is 4.83. The van der Waals surface area contributed by atoms with Crippen LogP contribution in [0.25, 0.3) is 0 Å². The normalized spacial score (nSPS) is 19.2. The Morgan fingerprint density at radius 3 is 2.89 bits per heavy atom. The van der Waals surface area contributed by atoms with Crippen molar-refractivity contribution in [1.29, 1.82) is 0 Å². The van der Waals surface area contributed by atoms with E-state index in [1.807, 2.05) is 18.2 Å². The van der Waals surface area contributed by atoms with E-state index < -0.39 is 12.0 Å². The molecule has 4 heteroatoms. The van der Waals surface area contributed by atoms with Gasteiger partial charge in [-0.3, -0.25) is 4.79 Å². The second-order valence-electron chi connectivity index (χ2n) is 5.22. The molecule has 1 aromatic carbocycles. The van der Waals surface area contributed by atoms with Crippen molar-refractivity contribution in [3.05, 3.63) is 34.3 Å². The summed E-state index contributed by atoms with van der Waals surface area (Å²) in [6, 6.07) is 5.71. The Morgan fingerprint density at radius 2 is 2.21 bits per heavy atom. The molecule has 0 radical (unpaired) electrons. The zero-order valence-corrected chi connectivity index (χ0v) is 11.9. The van der Waals surface area contributed by atoms with E-state index in [2.05, 4.69) is 12.2 Å². The average molecular weight is 282 g/mol. The molecule has 0 aromatic heterocycles. The van der Waals surface area contributed by atoms with E-state index in [-0.39, 0.29) is 6.04 Å². The van der Waals surface area contributed by atoms with Gasteiger partial charge in [0, 0.05) is 11.1 Å². The summed E-state index contributed by atoms with van der Waals surface area (Å²) in [4.78, 5) is 11.2. The van der Waals surface area contributed by atoms with Gasteiger partial charge in [-0.2, -0.15) is 0 Å². The van der Waals surface area contributed by atoms with Crippen LogP contribution < -0.4 is 5.32 Å². The van der Waals surface area contributed by atoms with Gasteiger partial charge in [0.25, 0.3) is 0 Å². The summed E-state index contributed by atoms with van der Waals surface area (Å²) in [5.41, 5.74) is 2.52. The Hall–Kier alpha value is -1.06. The second-order valence-corrected chi connectivity index (χ2v) is 5.65. The molecule has 1 aromatic rings. The summed E-state index contributed by atoms with van der Waals surface area (Å²) in [5.74, 6) is -0.748. The molecule has 2 rings (SSSR count). The molecule has 1 unspecified atom stereocenters. The van der Waals surface area contributed by atoms with Gasteiger partial charge < -0.3 is 10.4 Å². The molecule has 0 amide bonds. The highest BCUT2D eigenvalue weighted by molar-refractivity contribution is 6.30. The first kappa shape index (κ1) is 14.4. The van der Waals surface area contributed by atoms with Crippen molar-refractivity contribution >= 4 is 17.6 Å². The fourth-order valence-corrected chi connectivity index (χ4v) is 2.87. The maximum atomic E-state index is 11.2. The molecule has 0 heterocycles. The number of hydrogen-bond donors (Lipinski definition) is 2. The molecule has 0 spiro atoms. The van der Waals surface area contributed by atoms with Crippen LogP contribution >= 0.6 is 11.6 Å². The molecule has 0 bridgehead atoms. The van der Waals surface area contributed by atoms with Crippen LogP contribution in [-0.4, -0.2) is 23.2 Å². The number of halogens is 1. The summed E-state index contributed by atoms with van der Waals surface area (Å²) in [6.45, 7) is 2.08. The number of carboxylic acids is 1. The first-order chi connectivity index (χ1) is 9.10. The Bertz CT molecular complexity index is 461. The van der Waals surface area contributed by atoms with Crippen molar-refractivity contribution in [2.75, 3.05) is 0 Å².